The Kier molecular flexibility index (Phi) is 7.44. The van der Waals surface area contributed by atoms with Gasteiger partial charge in [-0.25, -0.2) is 0 Å². The molecule has 0 aliphatic rings. The van der Waals surface area contributed by atoms with Crippen molar-refractivity contribution in [3.63, 3.8) is 0 Å². The van der Waals surface area contributed by atoms with E-state index in [9.17, 15) is 4.79 Å². The SMILES string of the molecule is Cc1cccc(Nc2ccccc2CC(=O)NCCOCCO)c1C. The molecular formula is C20H26N2O3. The van der Waals surface area contributed by atoms with Gasteiger partial charge in [0.2, 0.25) is 5.91 Å². The summed E-state index contributed by atoms with van der Waals surface area (Å²) in [5.74, 6) is -0.0530. The molecule has 0 spiro atoms. The van der Waals surface area contributed by atoms with Crippen molar-refractivity contribution >= 4 is 17.3 Å². The normalized spacial score (nSPS) is 10.5. The van der Waals surface area contributed by atoms with Gasteiger partial charge in [0.1, 0.15) is 0 Å². The van der Waals surface area contributed by atoms with Crippen molar-refractivity contribution in [1.29, 1.82) is 0 Å². The standard InChI is InChI=1S/C20H26N2O3/c1-15-6-5-9-18(16(15)2)22-19-8-4-3-7-17(19)14-20(24)21-10-12-25-13-11-23/h3-9,22-23H,10-14H2,1-2H3,(H,21,24). The van der Waals surface area contributed by atoms with Gasteiger partial charge in [-0.15, -0.1) is 0 Å². The molecule has 0 saturated carbocycles. The van der Waals surface area contributed by atoms with E-state index >= 15 is 0 Å². The molecule has 0 aromatic heterocycles. The molecule has 0 aliphatic heterocycles. The average molecular weight is 342 g/mol. The Morgan fingerprint density at radius 2 is 1.80 bits per heavy atom. The third-order valence-electron chi connectivity index (χ3n) is 4.05. The lowest BCUT2D eigenvalue weighted by atomic mass is 10.1. The van der Waals surface area contributed by atoms with Gasteiger partial charge >= 0.3 is 0 Å². The van der Waals surface area contributed by atoms with Crippen LogP contribution >= 0.6 is 0 Å². The van der Waals surface area contributed by atoms with Gasteiger partial charge in [-0.05, 0) is 42.7 Å². The molecule has 134 valence electrons. The maximum Gasteiger partial charge on any atom is 0.224 e. The van der Waals surface area contributed by atoms with E-state index in [1.807, 2.05) is 36.4 Å². The number of anilines is 2. The molecule has 5 heteroatoms. The molecule has 1 amide bonds. The van der Waals surface area contributed by atoms with E-state index in [1.165, 1.54) is 11.1 Å². The Morgan fingerprint density at radius 3 is 2.60 bits per heavy atom. The molecule has 0 radical (unpaired) electrons. The maximum atomic E-state index is 12.1. The van der Waals surface area contributed by atoms with Gasteiger partial charge in [-0.2, -0.15) is 0 Å². The van der Waals surface area contributed by atoms with Crippen LogP contribution in [0.25, 0.3) is 0 Å². The highest BCUT2D eigenvalue weighted by Gasteiger charge is 2.09. The number of aliphatic hydroxyl groups is 1. The van der Waals surface area contributed by atoms with Gasteiger partial charge < -0.3 is 20.5 Å². The fourth-order valence-electron chi connectivity index (χ4n) is 2.49. The lowest BCUT2D eigenvalue weighted by molar-refractivity contribution is -0.120. The number of benzene rings is 2. The van der Waals surface area contributed by atoms with Crippen LogP contribution in [-0.2, 0) is 16.0 Å². The van der Waals surface area contributed by atoms with Crippen LogP contribution in [-0.4, -0.2) is 37.4 Å². The summed E-state index contributed by atoms with van der Waals surface area (Å²) in [5.41, 5.74) is 5.34. The van der Waals surface area contributed by atoms with E-state index in [1.54, 1.807) is 0 Å². The van der Waals surface area contributed by atoms with Crippen molar-refractivity contribution in [1.82, 2.24) is 5.32 Å². The summed E-state index contributed by atoms with van der Waals surface area (Å²) in [6.45, 7) is 5.28. The highest BCUT2D eigenvalue weighted by atomic mass is 16.5. The van der Waals surface area contributed by atoms with E-state index in [0.29, 0.717) is 26.2 Å². The number of carbonyl (C=O) groups excluding carboxylic acids is 1. The molecule has 0 unspecified atom stereocenters. The third-order valence-corrected chi connectivity index (χ3v) is 4.05. The minimum absolute atomic E-state index is 0.00856. The van der Waals surface area contributed by atoms with Crippen LogP contribution in [0.2, 0.25) is 0 Å². The minimum Gasteiger partial charge on any atom is -0.394 e. The Hall–Kier alpha value is -2.37. The quantitative estimate of drug-likeness (QED) is 0.613. The molecule has 0 saturated heterocycles. The molecule has 5 nitrogen and oxygen atoms in total. The second kappa shape index (κ2) is 9.81. The molecule has 0 aliphatic carbocycles. The van der Waals surface area contributed by atoms with Gasteiger partial charge in [0, 0.05) is 17.9 Å². The smallest absolute Gasteiger partial charge is 0.224 e. The van der Waals surface area contributed by atoms with E-state index in [4.69, 9.17) is 9.84 Å². The number of nitrogens with one attached hydrogen (secondary N) is 2. The fourth-order valence-corrected chi connectivity index (χ4v) is 2.49. The Labute approximate surface area is 149 Å². The zero-order chi connectivity index (χ0) is 18.1. The first-order valence-corrected chi connectivity index (χ1v) is 8.48. The molecular weight excluding hydrogens is 316 g/mol. The van der Waals surface area contributed by atoms with Crippen LogP contribution in [0.1, 0.15) is 16.7 Å². The summed E-state index contributed by atoms with van der Waals surface area (Å²) in [6, 6.07) is 14.0. The first-order valence-electron chi connectivity index (χ1n) is 8.48. The highest BCUT2D eigenvalue weighted by molar-refractivity contribution is 5.81. The van der Waals surface area contributed by atoms with Crippen LogP contribution in [0.3, 0.4) is 0 Å². The lowest BCUT2D eigenvalue weighted by Gasteiger charge is -2.15. The van der Waals surface area contributed by atoms with E-state index in [0.717, 1.165) is 16.9 Å². The van der Waals surface area contributed by atoms with Crippen molar-refractivity contribution < 1.29 is 14.6 Å². The zero-order valence-electron chi connectivity index (χ0n) is 14.8. The third kappa shape index (κ3) is 5.89. The van der Waals surface area contributed by atoms with E-state index in [2.05, 4.69) is 30.5 Å². The largest absolute Gasteiger partial charge is 0.394 e. The molecule has 2 aromatic rings. The van der Waals surface area contributed by atoms with Crippen LogP contribution < -0.4 is 10.6 Å². The summed E-state index contributed by atoms with van der Waals surface area (Å²) < 4.78 is 5.13. The van der Waals surface area contributed by atoms with Gasteiger partial charge in [0.15, 0.2) is 0 Å². The Morgan fingerprint density at radius 1 is 1.04 bits per heavy atom. The van der Waals surface area contributed by atoms with Crippen molar-refractivity contribution in [3.8, 4) is 0 Å². The molecule has 2 aromatic carbocycles. The van der Waals surface area contributed by atoms with Crippen LogP contribution in [0.5, 0.6) is 0 Å². The summed E-state index contributed by atoms with van der Waals surface area (Å²) in [4.78, 5) is 12.1. The molecule has 0 fully saturated rings. The second-order valence-corrected chi connectivity index (χ2v) is 5.89. The van der Waals surface area contributed by atoms with Crippen molar-refractivity contribution in [2.24, 2.45) is 0 Å². The summed E-state index contributed by atoms with van der Waals surface area (Å²) >= 11 is 0. The molecule has 25 heavy (non-hydrogen) atoms. The molecule has 0 atom stereocenters. The first-order chi connectivity index (χ1) is 12.1. The van der Waals surface area contributed by atoms with E-state index in [-0.39, 0.29) is 12.5 Å². The monoisotopic (exact) mass is 342 g/mol. The van der Waals surface area contributed by atoms with E-state index < -0.39 is 0 Å². The topological polar surface area (TPSA) is 70.6 Å². The number of hydrogen-bond acceptors (Lipinski definition) is 4. The van der Waals surface area contributed by atoms with Crippen molar-refractivity contribution in [3.05, 3.63) is 59.2 Å². The lowest BCUT2D eigenvalue weighted by Crippen LogP contribution is -2.29. The van der Waals surface area contributed by atoms with Gasteiger partial charge in [-0.3, -0.25) is 4.79 Å². The average Bonchev–Trinajstić information content (AvgIpc) is 2.60. The minimum atomic E-state index is -0.0530. The molecule has 0 bridgehead atoms. The molecule has 2 rings (SSSR count). The number of carbonyl (C=O) groups is 1. The maximum absolute atomic E-state index is 12.1. The number of hydrogen-bond donors (Lipinski definition) is 3. The predicted octanol–water partition coefficient (Wildman–Crippen LogP) is 2.71. The second-order valence-electron chi connectivity index (χ2n) is 5.89. The number of amides is 1. The van der Waals surface area contributed by atoms with Crippen LogP contribution in [0.15, 0.2) is 42.5 Å². The summed E-state index contributed by atoms with van der Waals surface area (Å²) in [5, 5.41) is 14.9. The van der Waals surface area contributed by atoms with Gasteiger partial charge in [0.05, 0.1) is 26.2 Å². The van der Waals surface area contributed by atoms with Crippen molar-refractivity contribution in [2.45, 2.75) is 20.3 Å². The number of rotatable bonds is 9. The van der Waals surface area contributed by atoms with Gasteiger partial charge in [0.25, 0.3) is 0 Å². The zero-order valence-corrected chi connectivity index (χ0v) is 14.8. The molecule has 0 heterocycles. The van der Waals surface area contributed by atoms with Gasteiger partial charge in [-0.1, -0.05) is 30.3 Å². The fraction of sp³-hybridized carbons (Fsp3) is 0.350. The number of para-hydroxylation sites is 1. The summed E-state index contributed by atoms with van der Waals surface area (Å²) in [7, 11) is 0. The van der Waals surface area contributed by atoms with Crippen molar-refractivity contribution in [2.75, 3.05) is 31.7 Å². The Balaban J connectivity index is 1.98. The highest BCUT2D eigenvalue weighted by Crippen LogP contribution is 2.25. The molecule has 3 N–H and O–H groups in total. The van der Waals surface area contributed by atoms with Crippen LogP contribution in [0, 0.1) is 13.8 Å². The first kappa shape index (κ1) is 19.0. The number of aryl methyl sites for hydroxylation is 1. The number of ether oxygens (including phenoxy) is 1. The number of aliphatic hydroxyl groups excluding tert-OH is 1. The predicted molar refractivity (Wildman–Crippen MR) is 100 cm³/mol. The Bertz CT molecular complexity index is 701. The summed E-state index contributed by atoms with van der Waals surface area (Å²) in [6.07, 6.45) is 0.300. The van der Waals surface area contributed by atoms with Crippen LogP contribution in [0.4, 0.5) is 11.4 Å².